The minimum Gasteiger partial charge on any atom is -0.367 e. The Bertz CT molecular complexity index is 144. The van der Waals surface area contributed by atoms with E-state index >= 15 is 0 Å². The fourth-order valence-corrected chi connectivity index (χ4v) is 0.860. The number of aliphatic hydroxyl groups is 3. The van der Waals surface area contributed by atoms with E-state index in [2.05, 4.69) is 4.84 Å². The van der Waals surface area contributed by atoms with Gasteiger partial charge in [-0.1, -0.05) is 0 Å². The van der Waals surface area contributed by atoms with Gasteiger partial charge in [0.1, 0.15) is 6.10 Å². The van der Waals surface area contributed by atoms with Gasteiger partial charge in [0, 0.05) is 0 Å². The SMILES string of the molecule is NC1C(O)OCC1ONC(O)O. The molecule has 7 nitrogen and oxygen atoms in total. The van der Waals surface area contributed by atoms with Crippen LogP contribution in [0.2, 0.25) is 0 Å². The Kier molecular flexibility index (Phi) is 3.35. The highest BCUT2D eigenvalue weighted by Gasteiger charge is 2.34. The highest BCUT2D eigenvalue weighted by Crippen LogP contribution is 2.11. The van der Waals surface area contributed by atoms with E-state index in [9.17, 15) is 0 Å². The first-order chi connectivity index (χ1) is 5.61. The quantitative estimate of drug-likeness (QED) is 0.229. The van der Waals surface area contributed by atoms with Crippen molar-refractivity contribution in [1.29, 1.82) is 0 Å². The molecule has 6 N–H and O–H groups in total. The summed E-state index contributed by atoms with van der Waals surface area (Å²) >= 11 is 0. The molecular formula is C5H12N2O5. The Balaban J connectivity index is 2.24. The second-order valence-electron chi connectivity index (χ2n) is 2.45. The van der Waals surface area contributed by atoms with Gasteiger partial charge in [0.05, 0.1) is 12.6 Å². The van der Waals surface area contributed by atoms with Crippen LogP contribution in [0.25, 0.3) is 0 Å². The number of hydrogen-bond donors (Lipinski definition) is 5. The standard InChI is InChI=1S/C5H12N2O5/c6-3-2(1-11-4(3)8)12-7-5(9)10/h2-5,7-10H,1,6H2. The Morgan fingerprint density at radius 2 is 2.25 bits per heavy atom. The minimum absolute atomic E-state index is 0.113. The number of ether oxygens (including phenoxy) is 1. The predicted octanol–water partition coefficient (Wildman–Crippen LogP) is -3.18. The second-order valence-corrected chi connectivity index (χ2v) is 2.45. The normalized spacial score (nSPS) is 36.2. The van der Waals surface area contributed by atoms with Gasteiger partial charge in [-0.15, -0.1) is 5.48 Å². The van der Waals surface area contributed by atoms with Crippen LogP contribution < -0.4 is 11.2 Å². The van der Waals surface area contributed by atoms with Crippen molar-refractivity contribution in [2.75, 3.05) is 6.61 Å². The molecule has 0 aromatic heterocycles. The van der Waals surface area contributed by atoms with Gasteiger partial charge in [0.15, 0.2) is 6.29 Å². The van der Waals surface area contributed by atoms with E-state index in [0.29, 0.717) is 0 Å². The summed E-state index contributed by atoms with van der Waals surface area (Å²) in [7, 11) is 0. The van der Waals surface area contributed by atoms with Crippen molar-refractivity contribution in [2.45, 2.75) is 24.8 Å². The van der Waals surface area contributed by atoms with E-state index < -0.39 is 24.8 Å². The van der Waals surface area contributed by atoms with Crippen LogP contribution in [-0.4, -0.2) is 46.8 Å². The van der Waals surface area contributed by atoms with Crippen LogP contribution in [0.1, 0.15) is 0 Å². The highest BCUT2D eigenvalue weighted by molar-refractivity contribution is 4.81. The average molecular weight is 180 g/mol. The third-order valence-corrected chi connectivity index (χ3v) is 1.51. The maximum atomic E-state index is 8.95. The summed E-state index contributed by atoms with van der Waals surface area (Å²) in [6.07, 6.45) is -3.41. The summed E-state index contributed by atoms with van der Waals surface area (Å²) in [5, 5.41) is 25.6. The van der Waals surface area contributed by atoms with E-state index in [1.165, 1.54) is 0 Å². The molecule has 0 aromatic carbocycles. The summed E-state index contributed by atoms with van der Waals surface area (Å²) in [5.41, 5.74) is 7.28. The molecule has 1 heterocycles. The number of nitrogens with two attached hydrogens (primary N) is 1. The molecule has 0 saturated carbocycles. The smallest absolute Gasteiger partial charge is 0.233 e. The van der Waals surface area contributed by atoms with E-state index in [1.54, 1.807) is 0 Å². The molecule has 0 amide bonds. The summed E-state index contributed by atoms with van der Waals surface area (Å²) in [4.78, 5) is 4.69. The molecule has 3 unspecified atom stereocenters. The molecule has 1 fully saturated rings. The third-order valence-electron chi connectivity index (χ3n) is 1.51. The average Bonchev–Trinajstić information content (AvgIpc) is 2.30. The number of rotatable bonds is 3. The summed E-state index contributed by atoms with van der Waals surface area (Å²) in [5.74, 6) is 0. The fourth-order valence-electron chi connectivity index (χ4n) is 0.860. The highest BCUT2D eigenvalue weighted by atomic mass is 16.7. The first-order valence-electron chi connectivity index (χ1n) is 3.44. The van der Waals surface area contributed by atoms with Crippen LogP contribution in [0, 0.1) is 0 Å². The lowest BCUT2D eigenvalue weighted by Crippen LogP contribution is -2.44. The Morgan fingerprint density at radius 1 is 1.58 bits per heavy atom. The van der Waals surface area contributed by atoms with Gasteiger partial charge in [-0.2, -0.15) is 0 Å². The molecule has 1 saturated heterocycles. The molecule has 0 bridgehead atoms. The van der Waals surface area contributed by atoms with Crippen molar-refractivity contribution in [3.05, 3.63) is 0 Å². The van der Waals surface area contributed by atoms with Crippen LogP contribution >= 0.6 is 0 Å². The molecule has 1 aliphatic heterocycles. The number of aliphatic hydroxyl groups excluding tert-OH is 2. The van der Waals surface area contributed by atoms with Crippen LogP contribution in [0.15, 0.2) is 0 Å². The van der Waals surface area contributed by atoms with Gasteiger partial charge in [0.2, 0.25) is 6.41 Å². The topological polar surface area (TPSA) is 117 Å². The number of hydrogen-bond acceptors (Lipinski definition) is 7. The predicted molar refractivity (Wildman–Crippen MR) is 36.2 cm³/mol. The lowest BCUT2D eigenvalue weighted by molar-refractivity contribution is -0.183. The van der Waals surface area contributed by atoms with E-state index in [-0.39, 0.29) is 6.61 Å². The van der Waals surface area contributed by atoms with Crippen LogP contribution in [-0.2, 0) is 9.57 Å². The first-order valence-corrected chi connectivity index (χ1v) is 3.44. The molecule has 0 aromatic rings. The van der Waals surface area contributed by atoms with Crippen LogP contribution in [0.3, 0.4) is 0 Å². The second kappa shape index (κ2) is 4.10. The monoisotopic (exact) mass is 180 g/mol. The van der Waals surface area contributed by atoms with Gasteiger partial charge in [-0.3, -0.25) is 4.84 Å². The van der Waals surface area contributed by atoms with Gasteiger partial charge in [-0.25, -0.2) is 0 Å². The van der Waals surface area contributed by atoms with Crippen molar-refractivity contribution in [3.63, 3.8) is 0 Å². The van der Waals surface area contributed by atoms with Gasteiger partial charge >= 0.3 is 0 Å². The van der Waals surface area contributed by atoms with E-state index in [4.69, 9.17) is 25.8 Å². The van der Waals surface area contributed by atoms with Crippen molar-refractivity contribution < 1.29 is 24.9 Å². The molecule has 7 heteroatoms. The molecular weight excluding hydrogens is 168 g/mol. The largest absolute Gasteiger partial charge is 0.367 e. The lowest BCUT2D eigenvalue weighted by atomic mass is 10.2. The van der Waals surface area contributed by atoms with Crippen molar-refractivity contribution in [1.82, 2.24) is 5.48 Å². The van der Waals surface area contributed by atoms with E-state index in [0.717, 1.165) is 0 Å². The molecule has 12 heavy (non-hydrogen) atoms. The van der Waals surface area contributed by atoms with Gasteiger partial charge < -0.3 is 25.8 Å². The maximum absolute atomic E-state index is 8.95. The molecule has 3 atom stereocenters. The molecule has 0 spiro atoms. The van der Waals surface area contributed by atoms with Crippen molar-refractivity contribution in [3.8, 4) is 0 Å². The van der Waals surface area contributed by atoms with Gasteiger partial charge in [0.25, 0.3) is 0 Å². The zero-order valence-corrected chi connectivity index (χ0v) is 6.25. The fraction of sp³-hybridized carbons (Fsp3) is 1.00. The van der Waals surface area contributed by atoms with Crippen LogP contribution in [0.4, 0.5) is 0 Å². The Morgan fingerprint density at radius 3 is 2.67 bits per heavy atom. The summed E-state index contributed by atoms with van der Waals surface area (Å²) in [6, 6.07) is -0.684. The zero-order valence-electron chi connectivity index (χ0n) is 6.25. The Hall–Kier alpha value is -0.280. The summed E-state index contributed by atoms with van der Waals surface area (Å²) in [6.45, 7) is 0.113. The van der Waals surface area contributed by atoms with Crippen molar-refractivity contribution >= 4 is 0 Å². The van der Waals surface area contributed by atoms with Crippen molar-refractivity contribution in [2.24, 2.45) is 5.73 Å². The van der Waals surface area contributed by atoms with Crippen LogP contribution in [0.5, 0.6) is 0 Å². The Labute approximate surface area is 68.6 Å². The number of hydroxylamine groups is 1. The van der Waals surface area contributed by atoms with E-state index in [1.807, 2.05) is 5.48 Å². The lowest BCUT2D eigenvalue weighted by Gasteiger charge is -2.16. The van der Waals surface area contributed by atoms with Gasteiger partial charge in [-0.05, 0) is 0 Å². The molecule has 0 aliphatic carbocycles. The maximum Gasteiger partial charge on any atom is 0.233 e. The molecule has 0 radical (unpaired) electrons. The zero-order chi connectivity index (χ0) is 9.14. The molecule has 1 rings (SSSR count). The third kappa shape index (κ3) is 2.35. The molecule has 72 valence electrons. The first kappa shape index (κ1) is 9.81. The molecule has 1 aliphatic rings. The minimum atomic E-state index is -1.77. The number of nitrogens with one attached hydrogen (secondary N) is 1. The summed E-state index contributed by atoms with van der Waals surface area (Å²) < 4.78 is 4.71.